The Morgan fingerprint density at radius 2 is 1.95 bits per heavy atom. The third-order valence-electron chi connectivity index (χ3n) is 7.91. The number of amides is 1. The van der Waals surface area contributed by atoms with Crippen LogP contribution >= 0.6 is 0 Å². The van der Waals surface area contributed by atoms with Gasteiger partial charge in [0.1, 0.15) is 24.1 Å². The van der Waals surface area contributed by atoms with E-state index in [1.807, 2.05) is 0 Å². The van der Waals surface area contributed by atoms with Gasteiger partial charge in [-0.3, -0.25) is 4.79 Å². The first-order chi connectivity index (χ1) is 18.1. The maximum atomic E-state index is 15.1. The van der Waals surface area contributed by atoms with Crippen molar-refractivity contribution in [2.24, 2.45) is 5.92 Å². The van der Waals surface area contributed by atoms with Crippen LogP contribution in [0.5, 0.6) is 0 Å². The molecule has 2 saturated carbocycles. The topological polar surface area (TPSA) is 106 Å². The van der Waals surface area contributed by atoms with Crippen LogP contribution < -0.4 is 10.6 Å². The maximum Gasteiger partial charge on any atom is 0.298 e. The van der Waals surface area contributed by atoms with Crippen LogP contribution in [0.4, 0.5) is 19.0 Å². The van der Waals surface area contributed by atoms with E-state index in [4.69, 9.17) is 14.6 Å². The number of halogens is 3. The van der Waals surface area contributed by atoms with Gasteiger partial charge in [-0.05, 0) is 57.9 Å². The third kappa shape index (κ3) is 5.23. The number of rotatable bonds is 9. The molecule has 0 radical (unpaired) electrons. The van der Waals surface area contributed by atoms with E-state index in [1.54, 1.807) is 13.8 Å². The number of ether oxygens (including phenoxy) is 2. The Bertz CT molecular complexity index is 1200. The first-order valence-corrected chi connectivity index (χ1v) is 13.1. The van der Waals surface area contributed by atoms with E-state index in [0.717, 1.165) is 38.2 Å². The van der Waals surface area contributed by atoms with Crippen LogP contribution in [0.15, 0.2) is 18.2 Å². The quantitative estimate of drug-likeness (QED) is 0.443. The zero-order valence-corrected chi connectivity index (χ0v) is 21.5. The second-order valence-electron chi connectivity index (χ2n) is 10.6. The van der Waals surface area contributed by atoms with Gasteiger partial charge in [-0.15, -0.1) is 0 Å². The molecule has 2 aromatic rings. The monoisotopic (exact) mass is 534 g/mol. The molecule has 11 heteroatoms. The van der Waals surface area contributed by atoms with E-state index in [-0.39, 0.29) is 29.2 Å². The minimum Gasteiger partial charge on any atom is -0.390 e. The molecule has 3 N–H and O–H groups in total. The summed E-state index contributed by atoms with van der Waals surface area (Å²) < 4.78 is 54.8. The minimum absolute atomic E-state index is 0.00996. The van der Waals surface area contributed by atoms with Gasteiger partial charge in [0.2, 0.25) is 5.91 Å². The Hall–Kier alpha value is -2.76. The highest BCUT2D eigenvalue weighted by atomic mass is 19.3. The number of alkyl halides is 2. The predicted molar refractivity (Wildman–Crippen MR) is 132 cm³/mol. The van der Waals surface area contributed by atoms with Crippen LogP contribution in [-0.2, 0) is 26.6 Å². The molecule has 2 aliphatic carbocycles. The van der Waals surface area contributed by atoms with Gasteiger partial charge in [0.25, 0.3) is 5.92 Å². The molecule has 0 unspecified atom stereocenters. The molecule has 1 atom stereocenters. The van der Waals surface area contributed by atoms with Crippen molar-refractivity contribution in [3.8, 4) is 0 Å². The molecule has 206 valence electrons. The van der Waals surface area contributed by atoms with Crippen molar-refractivity contribution in [3.63, 3.8) is 0 Å². The number of hydrogen-bond acceptors (Lipinski definition) is 7. The number of nitrogens with one attached hydrogen (secondary N) is 2. The van der Waals surface area contributed by atoms with Crippen molar-refractivity contribution in [1.82, 2.24) is 15.3 Å². The van der Waals surface area contributed by atoms with Gasteiger partial charge in [0, 0.05) is 11.1 Å². The molecular formula is C27H33F3N4O4. The number of aliphatic hydroxyl groups is 1. The Morgan fingerprint density at radius 3 is 2.58 bits per heavy atom. The average Bonchev–Trinajstić information content (AvgIpc) is 3.62. The van der Waals surface area contributed by atoms with E-state index < -0.39 is 36.2 Å². The first-order valence-electron chi connectivity index (χ1n) is 13.1. The minimum atomic E-state index is -3.72. The van der Waals surface area contributed by atoms with Crippen LogP contribution in [-0.4, -0.2) is 46.3 Å². The van der Waals surface area contributed by atoms with Crippen molar-refractivity contribution in [1.29, 1.82) is 0 Å². The third-order valence-corrected chi connectivity index (χ3v) is 7.91. The first kappa shape index (κ1) is 26.8. The second-order valence-corrected chi connectivity index (χ2v) is 10.6. The molecule has 2 heterocycles. The lowest BCUT2D eigenvalue weighted by Crippen LogP contribution is -2.45. The fraction of sp³-hybridized carbons (Fsp3) is 0.593. The molecule has 2 bridgehead atoms. The molecule has 3 fully saturated rings. The predicted octanol–water partition coefficient (Wildman–Crippen LogP) is 4.22. The van der Waals surface area contributed by atoms with Crippen molar-refractivity contribution in [2.45, 2.75) is 76.2 Å². The number of carbonyl (C=O) groups excluding carboxylic acids is 1. The van der Waals surface area contributed by atoms with E-state index >= 15 is 4.39 Å². The number of aromatic nitrogens is 2. The van der Waals surface area contributed by atoms with Crippen molar-refractivity contribution >= 4 is 11.7 Å². The number of aliphatic hydroxyl groups excluding tert-OH is 1. The Kier molecular flexibility index (Phi) is 7.36. The van der Waals surface area contributed by atoms with Crippen LogP contribution in [0.1, 0.15) is 79.6 Å². The Balaban J connectivity index is 1.44. The lowest BCUT2D eigenvalue weighted by atomic mass is 9.93. The number of fused-ring (bicyclic) bond motifs is 2. The van der Waals surface area contributed by atoms with E-state index in [2.05, 4.69) is 20.6 Å². The fourth-order valence-corrected chi connectivity index (χ4v) is 6.05. The summed E-state index contributed by atoms with van der Waals surface area (Å²) in [6.45, 7) is 2.47. The standard InChI is InChI=1S/C27H33F3N4O4/c1-15(18-4-3-5-19(23(18)28)27(29,30)14-35)31-24-22(25-37-10-11-38-25)20(32-16(2)33-24)12-21(36)34-26-8-6-17(13-26)7-9-26/h3-5,15,17,25,35H,6-14H2,1-2H3,(H,34,36)(H,31,32,33)/t15-,17?,26?/m1/s1. The Morgan fingerprint density at radius 1 is 1.24 bits per heavy atom. The highest BCUT2D eigenvalue weighted by Crippen LogP contribution is 2.47. The highest BCUT2D eigenvalue weighted by molar-refractivity contribution is 5.80. The molecule has 1 aromatic heterocycles. The summed E-state index contributed by atoms with van der Waals surface area (Å²) in [5.41, 5.74) is -0.187. The normalized spacial score (nSPS) is 24.1. The summed E-state index contributed by atoms with van der Waals surface area (Å²) in [6, 6.07) is 2.87. The largest absolute Gasteiger partial charge is 0.390 e. The molecule has 1 amide bonds. The number of aryl methyl sites for hydroxylation is 1. The molecule has 8 nitrogen and oxygen atoms in total. The van der Waals surface area contributed by atoms with E-state index in [1.165, 1.54) is 12.1 Å². The SMILES string of the molecule is Cc1nc(CC(=O)NC23CCC(CC2)C3)c(C2OCCO2)c(N[C@H](C)c2cccc(C(F)(F)CO)c2F)n1. The molecule has 38 heavy (non-hydrogen) atoms. The zero-order valence-electron chi connectivity index (χ0n) is 21.5. The van der Waals surface area contributed by atoms with Crippen LogP contribution in [0, 0.1) is 18.7 Å². The van der Waals surface area contributed by atoms with Crippen LogP contribution in [0.25, 0.3) is 0 Å². The molecule has 5 rings (SSSR count). The number of hydrogen-bond donors (Lipinski definition) is 3. The van der Waals surface area contributed by atoms with Gasteiger partial charge in [0.05, 0.1) is 42.5 Å². The Labute approximate surface area is 219 Å². The highest BCUT2D eigenvalue weighted by Gasteiger charge is 2.45. The van der Waals surface area contributed by atoms with E-state index in [9.17, 15) is 13.6 Å². The van der Waals surface area contributed by atoms with Crippen molar-refractivity contribution in [2.75, 3.05) is 25.1 Å². The molecular weight excluding hydrogens is 501 g/mol. The summed E-state index contributed by atoms with van der Waals surface area (Å²) in [4.78, 5) is 22.2. The molecule has 1 saturated heterocycles. The number of nitrogens with zero attached hydrogens (tertiary/aromatic N) is 2. The van der Waals surface area contributed by atoms with Crippen LogP contribution in [0.3, 0.4) is 0 Å². The second kappa shape index (κ2) is 10.4. The summed E-state index contributed by atoms with van der Waals surface area (Å²) >= 11 is 0. The van der Waals surface area contributed by atoms with Gasteiger partial charge in [0.15, 0.2) is 6.29 Å². The lowest BCUT2D eigenvalue weighted by Gasteiger charge is -2.28. The fourth-order valence-electron chi connectivity index (χ4n) is 6.05. The van der Waals surface area contributed by atoms with Gasteiger partial charge < -0.3 is 25.2 Å². The smallest absolute Gasteiger partial charge is 0.298 e. The zero-order chi connectivity index (χ0) is 27.1. The molecule has 1 aromatic carbocycles. The summed E-state index contributed by atoms with van der Waals surface area (Å²) in [5.74, 6) is -3.64. The van der Waals surface area contributed by atoms with Gasteiger partial charge in [-0.1, -0.05) is 12.1 Å². The summed E-state index contributed by atoms with van der Waals surface area (Å²) in [6.07, 6.45) is 4.41. The molecule has 0 spiro atoms. The number of carbonyl (C=O) groups is 1. The molecule has 3 aliphatic rings. The summed E-state index contributed by atoms with van der Waals surface area (Å²) in [5, 5.41) is 15.4. The molecule has 1 aliphatic heterocycles. The number of anilines is 1. The summed E-state index contributed by atoms with van der Waals surface area (Å²) in [7, 11) is 0. The van der Waals surface area contributed by atoms with Gasteiger partial charge >= 0.3 is 0 Å². The van der Waals surface area contributed by atoms with E-state index in [0.29, 0.717) is 36.2 Å². The van der Waals surface area contributed by atoms with Crippen molar-refractivity contribution < 1.29 is 32.5 Å². The van der Waals surface area contributed by atoms with Crippen molar-refractivity contribution in [3.05, 3.63) is 52.2 Å². The lowest BCUT2D eigenvalue weighted by molar-refractivity contribution is -0.122. The van der Waals surface area contributed by atoms with Gasteiger partial charge in [-0.2, -0.15) is 8.78 Å². The van der Waals surface area contributed by atoms with Crippen LogP contribution in [0.2, 0.25) is 0 Å². The average molecular weight is 535 g/mol. The maximum absolute atomic E-state index is 15.1. The van der Waals surface area contributed by atoms with Gasteiger partial charge in [-0.25, -0.2) is 14.4 Å². The number of benzene rings is 1.